The zero-order valence-electron chi connectivity index (χ0n) is 9.93. The lowest BCUT2D eigenvalue weighted by molar-refractivity contribution is 0.0946. The molecule has 0 atom stereocenters. The van der Waals surface area contributed by atoms with Gasteiger partial charge >= 0.3 is 0 Å². The quantitative estimate of drug-likeness (QED) is 0.560. The van der Waals surface area contributed by atoms with Gasteiger partial charge in [0.2, 0.25) is 0 Å². The lowest BCUT2D eigenvalue weighted by Gasteiger charge is -2.07. The van der Waals surface area contributed by atoms with Crippen molar-refractivity contribution in [1.29, 1.82) is 0 Å². The van der Waals surface area contributed by atoms with Gasteiger partial charge in [-0.05, 0) is 18.2 Å². The number of nitrogens with zero attached hydrogens (tertiary/aromatic N) is 2. The molecule has 0 saturated heterocycles. The van der Waals surface area contributed by atoms with Crippen LogP contribution in [0.5, 0.6) is 0 Å². The van der Waals surface area contributed by atoms with Crippen molar-refractivity contribution in [3.63, 3.8) is 0 Å². The smallest absolute Gasteiger partial charge is 0.254 e. The average molecular weight is 261 g/mol. The summed E-state index contributed by atoms with van der Waals surface area (Å²) in [7, 11) is 0. The van der Waals surface area contributed by atoms with Gasteiger partial charge in [0.15, 0.2) is 11.6 Å². The van der Waals surface area contributed by atoms with Crippen LogP contribution in [0.1, 0.15) is 16.1 Å². The van der Waals surface area contributed by atoms with Gasteiger partial charge in [0.1, 0.15) is 0 Å². The van der Waals surface area contributed by atoms with Crippen LogP contribution in [0, 0.1) is 5.82 Å². The largest absolute Gasteiger partial charge is 0.346 e. The molecular weight excluding hydrogens is 249 g/mol. The van der Waals surface area contributed by atoms with Crippen molar-refractivity contribution in [2.75, 3.05) is 5.43 Å². The lowest BCUT2D eigenvalue weighted by Crippen LogP contribution is -2.25. The van der Waals surface area contributed by atoms with Crippen molar-refractivity contribution in [2.24, 2.45) is 5.84 Å². The number of hydrogen-bond donors (Lipinski definition) is 3. The number of halogens is 1. The molecule has 0 radical (unpaired) electrons. The lowest BCUT2D eigenvalue weighted by atomic mass is 10.2. The fourth-order valence-electron chi connectivity index (χ4n) is 1.49. The summed E-state index contributed by atoms with van der Waals surface area (Å²) in [5.41, 5.74) is 2.64. The highest BCUT2D eigenvalue weighted by Gasteiger charge is 2.15. The number of pyridine rings is 2. The molecule has 19 heavy (non-hydrogen) atoms. The van der Waals surface area contributed by atoms with Crippen LogP contribution in [-0.2, 0) is 6.54 Å². The van der Waals surface area contributed by atoms with Crippen LogP contribution in [0.2, 0.25) is 0 Å². The highest BCUT2D eigenvalue weighted by molar-refractivity contribution is 5.95. The van der Waals surface area contributed by atoms with Crippen molar-refractivity contribution in [3.8, 4) is 0 Å². The Labute approximate surface area is 108 Å². The molecule has 2 heterocycles. The van der Waals surface area contributed by atoms with E-state index >= 15 is 0 Å². The Bertz CT molecular complexity index is 576. The van der Waals surface area contributed by atoms with Gasteiger partial charge in [-0.25, -0.2) is 15.2 Å². The Morgan fingerprint density at radius 1 is 1.26 bits per heavy atom. The van der Waals surface area contributed by atoms with Crippen LogP contribution in [0.15, 0.2) is 36.7 Å². The van der Waals surface area contributed by atoms with E-state index in [4.69, 9.17) is 5.84 Å². The van der Waals surface area contributed by atoms with Gasteiger partial charge in [0.05, 0.1) is 17.8 Å². The first-order valence-corrected chi connectivity index (χ1v) is 5.51. The molecule has 0 saturated carbocycles. The van der Waals surface area contributed by atoms with Crippen molar-refractivity contribution in [3.05, 3.63) is 53.7 Å². The number of nitrogen functional groups attached to an aromatic ring is 1. The van der Waals surface area contributed by atoms with E-state index in [2.05, 4.69) is 20.7 Å². The fraction of sp³-hybridized carbons (Fsp3) is 0.0833. The molecule has 0 aliphatic rings. The molecule has 2 aromatic heterocycles. The van der Waals surface area contributed by atoms with E-state index in [1.807, 2.05) is 0 Å². The zero-order chi connectivity index (χ0) is 13.7. The van der Waals surface area contributed by atoms with Crippen LogP contribution >= 0.6 is 0 Å². The second kappa shape index (κ2) is 5.87. The minimum absolute atomic E-state index is 0.126. The minimum atomic E-state index is -0.788. The first kappa shape index (κ1) is 12.9. The summed E-state index contributed by atoms with van der Waals surface area (Å²) in [5, 5.41) is 2.57. The van der Waals surface area contributed by atoms with Crippen LogP contribution in [-0.4, -0.2) is 15.9 Å². The molecule has 4 N–H and O–H groups in total. The molecule has 0 fully saturated rings. The summed E-state index contributed by atoms with van der Waals surface area (Å²) in [6.45, 7) is 0.215. The van der Waals surface area contributed by atoms with Gasteiger partial charge in [0, 0.05) is 12.4 Å². The molecule has 2 rings (SSSR count). The third kappa shape index (κ3) is 3.02. The van der Waals surface area contributed by atoms with E-state index in [1.54, 1.807) is 24.4 Å². The van der Waals surface area contributed by atoms with Crippen LogP contribution < -0.4 is 16.6 Å². The number of nitrogens with two attached hydrogens (primary N) is 1. The highest BCUT2D eigenvalue weighted by Crippen LogP contribution is 2.13. The number of carbonyl (C=O) groups excluding carboxylic acids is 1. The predicted octanol–water partition coefficient (Wildman–Crippen LogP) is 0.831. The third-order valence-electron chi connectivity index (χ3n) is 2.43. The fourth-order valence-corrected chi connectivity index (χ4v) is 1.49. The molecule has 98 valence electrons. The van der Waals surface area contributed by atoms with E-state index in [0.29, 0.717) is 5.69 Å². The van der Waals surface area contributed by atoms with Gasteiger partial charge in [-0.2, -0.15) is 0 Å². The maximum atomic E-state index is 13.8. The van der Waals surface area contributed by atoms with E-state index in [-0.39, 0.29) is 17.9 Å². The van der Waals surface area contributed by atoms with E-state index in [0.717, 1.165) is 0 Å². The van der Waals surface area contributed by atoms with Gasteiger partial charge in [-0.1, -0.05) is 6.07 Å². The molecule has 0 aliphatic carbocycles. The normalized spacial score (nSPS) is 10.0. The summed E-state index contributed by atoms with van der Waals surface area (Å²) >= 11 is 0. The van der Waals surface area contributed by atoms with Crippen molar-refractivity contribution >= 4 is 11.7 Å². The summed E-state index contributed by atoms with van der Waals surface area (Å²) in [6, 6.07) is 6.62. The molecule has 0 unspecified atom stereocenters. The minimum Gasteiger partial charge on any atom is -0.346 e. The summed E-state index contributed by atoms with van der Waals surface area (Å²) in [4.78, 5) is 19.5. The highest BCUT2D eigenvalue weighted by atomic mass is 19.1. The number of aromatic nitrogens is 2. The van der Waals surface area contributed by atoms with Gasteiger partial charge in [0.25, 0.3) is 5.91 Å². The molecule has 7 heteroatoms. The Morgan fingerprint density at radius 3 is 2.79 bits per heavy atom. The molecule has 6 nitrogen and oxygen atoms in total. The molecule has 0 bridgehead atoms. The second-order valence-corrected chi connectivity index (χ2v) is 3.67. The number of amides is 1. The van der Waals surface area contributed by atoms with Gasteiger partial charge < -0.3 is 10.7 Å². The van der Waals surface area contributed by atoms with Crippen molar-refractivity contribution < 1.29 is 9.18 Å². The first-order valence-electron chi connectivity index (χ1n) is 5.51. The molecule has 0 aromatic carbocycles. The number of hydrogen-bond acceptors (Lipinski definition) is 5. The predicted molar refractivity (Wildman–Crippen MR) is 67.4 cm³/mol. The van der Waals surface area contributed by atoms with Gasteiger partial charge in [-0.15, -0.1) is 0 Å². The number of rotatable bonds is 4. The van der Waals surface area contributed by atoms with E-state index in [9.17, 15) is 9.18 Å². The van der Waals surface area contributed by atoms with Crippen LogP contribution in [0.4, 0.5) is 10.2 Å². The standard InChI is InChI=1S/C12H12FN5O/c13-10-9(4-6-16-11(10)18-14)12(19)17-7-8-3-1-2-5-15-8/h1-6H,7,14H2,(H,16,18)(H,17,19). The number of carbonyl (C=O) groups is 1. The Hall–Kier alpha value is -2.54. The van der Waals surface area contributed by atoms with E-state index < -0.39 is 11.7 Å². The van der Waals surface area contributed by atoms with Crippen molar-refractivity contribution in [1.82, 2.24) is 15.3 Å². The average Bonchev–Trinajstić information content (AvgIpc) is 2.46. The Kier molecular flexibility index (Phi) is 3.99. The Morgan fingerprint density at radius 2 is 2.11 bits per heavy atom. The topological polar surface area (TPSA) is 92.9 Å². The number of hydrazine groups is 1. The summed E-state index contributed by atoms with van der Waals surface area (Å²) < 4.78 is 13.8. The van der Waals surface area contributed by atoms with E-state index in [1.165, 1.54) is 12.3 Å². The summed E-state index contributed by atoms with van der Waals surface area (Å²) in [5.74, 6) is 3.57. The molecular formula is C12H12FN5O. The first-order chi connectivity index (χ1) is 9.22. The SMILES string of the molecule is NNc1nccc(C(=O)NCc2ccccn2)c1F. The number of nitrogens with one attached hydrogen (secondary N) is 2. The molecule has 0 spiro atoms. The molecule has 0 aliphatic heterocycles. The van der Waals surface area contributed by atoms with Crippen LogP contribution in [0.25, 0.3) is 0 Å². The molecule has 1 amide bonds. The maximum Gasteiger partial charge on any atom is 0.254 e. The van der Waals surface area contributed by atoms with Crippen LogP contribution in [0.3, 0.4) is 0 Å². The van der Waals surface area contributed by atoms with Crippen molar-refractivity contribution in [2.45, 2.75) is 6.54 Å². The monoisotopic (exact) mass is 261 g/mol. The summed E-state index contributed by atoms with van der Waals surface area (Å²) in [6.07, 6.45) is 2.92. The zero-order valence-corrected chi connectivity index (χ0v) is 9.93. The Balaban J connectivity index is 2.08. The third-order valence-corrected chi connectivity index (χ3v) is 2.43. The molecule has 2 aromatic rings. The number of anilines is 1. The second-order valence-electron chi connectivity index (χ2n) is 3.67. The maximum absolute atomic E-state index is 13.8. The van der Waals surface area contributed by atoms with Gasteiger partial charge in [-0.3, -0.25) is 9.78 Å².